The summed E-state index contributed by atoms with van der Waals surface area (Å²) in [5.74, 6) is 0. The van der Waals surface area contributed by atoms with E-state index in [9.17, 15) is 0 Å². The maximum absolute atomic E-state index is 5.60. The highest BCUT2D eigenvalue weighted by Crippen LogP contribution is 1.97. The molecule has 0 aromatic carbocycles. The largest absolute Gasteiger partial charge is 0.314 e. The van der Waals surface area contributed by atoms with E-state index >= 15 is 0 Å². The molecule has 0 fully saturated rings. The molecular formula is C5H14N2. The van der Waals surface area contributed by atoms with E-state index in [1.54, 1.807) is 0 Å². The number of nitrogens with two attached hydrogens (primary N) is 1. The lowest BCUT2D eigenvalue weighted by Gasteiger charge is -2.26. The van der Waals surface area contributed by atoms with E-state index < -0.39 is 0 Å². The Bertz CT molecular complexity index is 51.6. The Hall–Kier alpha value is -0.0800. The van der Waals surface area contributed by atoms with Gasteiger partial charge in [0.05, 0.1) is 5.66 Å². The molecule has 0 aliphatic rings. The summed E-state index contributed by atoms with van der Waals surface area (Å²) >= 11 is 0. The van der Waals surface area contributed by atoms with Gasteiger partial charge in [-0.3, -0.25) is 4.90 Å². The first-order chi connectivity index (χ1) is 2.94. The minimum absolute atomic E-state index is 0.167. The normalized spacial score (nSPS) is 12.9. The molecule has 0 rings (SSSR count). The van der Waals surface area contributed by atoms with E-state index in [0.29, 0.717) is 0 Å². The molecule has 0 aliphatic heterocycles. The fourth-order valence-electron chi connectivity index (χ4n) is 0. The zero-order valence-corrected chi connectivity index (χ0v) is 5.52. The van der Waals surface area contributed by atoms with Gasteiger partial charge in [0, 0.05) is 0 Å². The summed E-state index contributed by atoms with van der Waals surface area (Å²) in [6.07, 6.45) is 0. The van der Waals surface area contributed by atoms with Crippen LogP contribution in [-0.2, 0) is 0 Å². The summed E-state index contributed by atoms with van der Waals surface area (Å²) in [7, 11) is 3.92. The van der Waals surface area contributed by atoms with Crippen molar-refractivity contribution in [2.24, 2.45) is 5.73 Å². The van der Waals surface area contributed by atoms with E-state index in [-0.39, 0.29) is 5.66 Å². The minimum Gasteiger partial charge on any atom is -0.314 e. The zero-order valence-electron chi connectivity index (χ0n) is 5.52. The maximum atomic E-state index is 5.60. The molecule has 0 aromatic heterocycles. The van der Waals surface area contributed by atoms with Gasteiger partial charge >= 0.3 is 0 Å². The Morgan fingerprint density at radius 2 is 1.43 bits per heavy atom. The van der Waals surface area contributed by atoms with Crippen LogP contribution in [0.1, 0.15) is 13.8 Å². The quantitative estimate of drug-likeness (QED) is 0.481. The second-order valence-corrected chi connectivity index (χ2v) is 2.55. The molecule has 0 unspecified atom stereocenters. The van der Waals surface area contributed by atoms with Crippen LogP contribution in [0.4, 0.5) is 0 Å². The van der Waals surface area contributed by atoms with Gasteiger partial charge in [-0.1, -0.05) is 0 Å². The van der Waals surface area contributed by atoms with Crippen LogP contribution in [0.15, 0.2) is 0 Å². The molecule has 2 nitrogen and oxygen atoms in total. The molecule has 0 bridgehead atoms. The van der Waals surface area contributed by atoms with Crippen molar-refractivity contribution >= 4 is 0 Å². The van der Waals surface area contributed by atoms with Gasteiger partial charge < -0.3 is 5.73 Å². The first kappa shape index (κ1) is 6.92. The second-order valence-electron chi connectivity index (χ2n) is 2.55. The lowest BCUT2D eigenvalue weighted by Crippen LogP contribution is -2.46. The summed E-state index contributed by atoms with van der Waals surface area (Å²) in [6.45, 7) is 3.93. The van der Waals surface area contributed by atoms with Gasteiger partial charge in [-0.25, -0.2) is 0 Å². The predicted octanol–water partition coefficient (Wildman–Crippen LogP) is 0.243. The number of nitrogens with zero attached hydrogens (tertiary/aromatic N) is 1. The van der Waals surface area contributed by atoms with E-state index in [0.717, 1.165) is 0 Å². The predicted molar refractivity (Wildman–Crippen MR) is 32.0 cm³/mol. The van der Waals surface area contributed by atoms with E-state index in [2.05, 4.69) is 0 Å². The monoisotopic (exact) mass is 102 g/mol. The van der Waals surface area contributed by atoms with E-state index in [4.69, 9.17) is 5.73 Å². The van der Waals surface area contributed by atoms with Crippen molar-refractivity contribution in [1.29, 1.82) is 0 Å². The molecule has 2 N–H and O–H groups in total. The zero-order chi connectivity index (χ0) is 6.08. The highest BCUT2D eigenvalue weighted by molar-refractivity contribution is 4.65. The second kappa shape index (κ2) is 1.80. The topological polar surface area (TPSA) is 29.3 Å². The van der Waals surface area contributed by atoms with Crippen molar-refractivity contribution < 1.29 is 0 Å². The van der Waals surface area contributed by atoms with Crippen LogP contribution >= 0.6 is 0 Å². The van der Waals surface area contributed by atoms with Crippen LogP contribution in [0, 0.1) is 0 Å². The highest BCUT2D eigenvalue weighted by atomic mass is 15.2. The molecule has 0 aliphatic carbocycles. The third-order valence-corrected chi connectivity index (χ3v) is 1.15. The molecule has 0 amide bonds. The molecule has 44 valence electrons. The molecule has 7 heavy (non-hydrogen) atoms. The Morgan fingerprint density at radius 1 is 1.29 bits per heavy atom. The average Bonchev–Trinajstić information content (AvgIpc) is 1.31. The molecule has 0 heterocycles. The van der Waals surface area contributed by atoms with E-state index in [1.807, 2.05) is 32.8 Å². The third kappa shape index (κ3) is 2.60. The molecule has 0 atom stereocenters. The van der Waals surface area contributed by atoms with Crippen LogP contribution < -0.4 is 5.73 Å². The fourth-order valence-corrected chi connectivity index (χ4v) is 0. The van der Waals surface area contributed by atoms with Gasteiger partial charge in [0.25, 0.3) is 0 Å². The Balaban J connectivity index is 3.54. The molecule has 0 spiro atoms. The van der Waals surface area contributed by atoms with Gasteiger partial charge in [-0.2, -0.15) is 0 Å². The van der Waals surface area contributed by atoms with Crippen molar-refractivity contribution in [2.45, 2.75) is 19.5 Å². The van der Waals surface area contributed by atoms with Crippen molar-refractivity contribution in [3.8, 4) is 0 Å². The molecular weight excluding hydrogens is 88.1 g/mol. The molecule has 0 aromatic rings. The Kier molecular flexibility index (Phi) is 1.78. The molecule has 0 saturated carbocycles. The molecule has 0 radical (unpaired) electrons. The number of rotatable bonds is 1. The van der Waals surface area contributed by atoms with Crippen molar-refractivity contribution in [3.05, 3.63) is 0 Å². The first-order valence-corrected chi connectivity index (χ1v) is 2.41. The lowest BCUT2D eigenvalue weighted by atomic mass is 10.2. The van der Waals surface area contributed by atoms with Gasteiger partial charge in [-0.15, -0.1) is 0 Å². The van der Waals surface area contributed by atoms with Crippen LogP contribution in [0.25, 0.3) is 0 Å². The third-order valence-electron chi connectivity index (χ3n) is 1.15. The molecule has 0 saturated heterocycles. The number of hydrogen-bond donors (Lipinski definition) is 1. The maximum Gasteiger partial charge on any atom is 0.0624 e. The summed E-state index contributed by atoms with van der Waals surface area (Å²) in [6, 6.07) is 0. The van der Waals surface area contributed by atoms with E-state index in [1.165, 1.54) is 0 Å². The summed E-state index contributed by atoms with van der Waals surface area (Å²) < 4.78 is 0. The van der Waals surface area contributed by atoms with Gasteiger partial charge in [0.1, 0.15) is 0 Å². The first-order valence-electron chi connectivity index (χ1n) is 2.41. The highest BCUT2D eigenvalue weighted by Gasteiger charge is 2.11. The van der Waals surface area contributed by atoms with Gasteiger partial charge in [0.15, 0.2) is 0 Å². The summed E-state index contributed by atoms with van der Waals surface area (Å²) in [4.78, 5) is 1.97. The smallest absolute Gasteiger partial charge is 0.0624 e. The summed E-state index contributed by atoms with van der Waals surface area (Å²) in [5.41, 5.74) is 5.44. The van der Waals surface area contributed by atoms with Gasteiger partial charge in [-0.05, 0) is 27.9 Å². The molecule has 2 heteroatoms. The van der Waals surface area contributed by atoms with Gasteiger partial charge in [0.2, 0.25) is 0 Å². The lowest BCUT2D eigenvalue weighted by molar-refractivity contribution is 0.204. The van der Waals surface area contributed by atoms with Crippen LogP contribution in [0.5, 0.6) is 0 Å². The summed E-state index contributed by atoms with van der Waals surface area (Å²) in [5, 5.41) is 0. The van der Waals surface area contributed by atoms with Crippen molar-refractivity contribution in [1.82, 2.24) is 4.90 Å². The standard InChI is InChI=1S/C5H14N2/c1-5(2,6)7(3)4/h6H2,1-4H3. The van der Waals surface area contributed by atoms with Crippen LogP contribution in [-0.4, -0.2) is 24.7 Å². The van der Waals surface area contributed by atoms with Crippen LogP contribution in [0.3, 0.4) is 0 Å². The number of hydrogen-bond acceptors (Lipinski definition) is 2. The Morgan fingerprint density at radius 3 is 1.43 bits per heavy atom. The van der Waals surface area contributed by atoms with Crippen molar-refractivity contribution in [3.63, 3.8) is 0 Å². The van der Waals surface area contributed by atoms with Crippen LogP contribution in [0.2, 0.25) is 0 Å². The van der Waals surface area contributed by atoms with Crippen molar-refractivity contribution in [2.75, 3.05) is 14.1 Å². The fraction of sp³-hybridized carbons (Fsp3) is 1.00. The SMILES string of the molecule is CN(C)C(C)(C)N. The average molecular weight is 102 g/mol. The Labute approximate surface area is 45.3 Å². The minimum atomic E-state index is -0.167.